The van der Waals surface area contributed by atoms with Crippen LogP contribution in [0.1, 0.15) is 18.8 Å². The Labute approximate surface area is 189 Å². The summed E-state index contributed by atoms with van der Waals surface area (Å²) in [4.78, 5) is 14.5. The minimum absolute atomic E-state index is 0.0397. The van der Waals surface area contributed by atoms with E-state index >= 15 is 0 Å². The first-order valence-corrected chi connectivity index (χ1v) is 10.8. The monoisotopic (exact) mass is 463 g/mol. The first kappa shape index (κ1) is 23.1. The predicted molar refractivity (Wildman–Crippen MR) is 121 cm³/mol. The Morgan fingerprint density at radius 3 is 2.58 bits per heavy atom. The molecule has 0 aliphatic heterocycles. The van der Waals surface area contributed by atoms with Gasteiger partial charge in [0.2, 0.25) is 5.91 Å². The molecule has 0 aliphatic carbocycles. The fraction of sp³-hybridized carbons (Fsp3) is 0.286. The van der Waals surface area contributed by atoms with Crippen molar-refractivity contribution >= 4 is 35.0 Å². The number of anilines is 1. The van der Waals surface area contributed by atoms with Crippen molar-refractivity contribution in [2.24, 2.45) is 0 Å². The number of methoxy groups -OCH3 is 1. The van der Waals surface area contributed by atoms with Crippen LogP contribution in [0.15, 0.2) is 47.6 Å². The number of nitrogens with zero attached hydrogens (tertiary/aromatic N) is 4. The highest BCUT2D eigenvalue weighted by Crippen LogP contribution is 2.29. The third kappa shape index (κ3) is 5.55. The van der Waals surface area contributed by atoms with Crippen molar-refractivity contribution in [2.45, 2.75) is 18.1 Å². The van der Waals surface area contributed by atoms with Crippen LogP contribution < -0.4 is 10.1 Å². The van der Waals surface area contributed by atoms with E-state index in [1.165, 1.54) is 31.0 Å². The van der Waals surface area contributed by atoms with Crippen molar-refractivity contribution in [3.05, 3.63) is 59.1 Å². The lowest BCUT2D eigenvalue weighted by Crippen LogP contribution is -2.21. The van der Waals surface area contributed by atoms with Crippen molar-refractivity contribution in [3.8, 4) is 11.4 Å². The Hall–Kier alpha value is -2.62. The smallest absolute Gasteiger partial charge is 0.234 e. The number of hydrogen-bond acceptors (Lipinski definition) is 6. The van der Waals surface area contributed by atoms with Crippen molar-refractivity contribution in [1.29, 1.82) is 0 Å². The van der Waals surface area contributed by atoms with Gasteiger partial charge < -0.3 is 10.1 Å². The van der Waals surface area contributed by atoms with E-state index in [2.05, 4.69) is 15.5 Å². The van der Waals surface area contributed by atoms with Crippen LogP contribution in [0.3, 0.4) is 0 Å². The number of hydrogen-bond donors (Lipinski definition) is 1. The highest BCUT2D eigenvalue weighted by atomic mass is 35.5. The number of rotatable bonds is 8. The SMILES string of the molecule is COc1ccc(NC(=O)CSc2nnc([C@@H](C)N(C)C)n2-c2ccc(F)cc2)cc1Cl. The van der Waals surface area contributed by atoms with Gasteiger partial charge in [-0.05, 0) is 63.5 Å². The van der Waals surface area contributed by atoms with E-state index < -0.39 is 0 Å². The summed E-state index contributed by atoms with van der Waals surface area (Å²) in [5.41, 5.74) is 1.29. The summed E-state index contributed by atoms with van der Waals surface area (Å²) in [6, 6.07) is 11.1. The summed E-state index contributed by atoms with van der Waals surface area (Å²) in [5.74, 6) is 0.789. The first-order valence-electron chi connectivity index (χ1n) is 9.44. The van der Waals surface area contributed by atoms with Crippen LogP contribution in [0.5, 0.6) is 5.75 Å². The third-order valence-corrected chi connectivity index (χ3v) is 5.88. The van der Waals surface area contributed by atoms with Gasteiger partial charge in [0, 0.05) is 11.4 Å². The minimum atomic E-state index is -0.328. The number of aromatic nitrogens is 3. The van der Waals surface area contributed by atoms with Crippen molar-refractivity contribution in [3.63, 3.8) is 0 Å². The van der Waals surface area contributed by atoms with E-state index in [1.807, 2.05) is 30.5 Å². The van der Waals surface area contributed by atoms with Gasteiger partial charge in [-0.2, -0.15) is 0 Å². The van der Waals surface area contributed by atoms with E-state index in [4.69, 9.17) is 16.3 Å². The molecule has 164 valence electrons. The van der Waals surface area contributed by atoms with E-state index in [1.54, 1.807) is 30.3 Å². The summed E-state index contributed by atoms with van der Waals surface area (Å²) in [7, 11) is 5.40. The van der Waals surface area contributed by atoms with Gasteiger partial charge in [-0.25, -0.2) is 4.39 Å². The lowest BCUT2D eigenvalue weighted by Gasteiger charge is -2.20. The molecule has 10 heteroatoms. The zero-order valence-corrected chi connectivity index (χ0v) is 19.2. The molecule has 3 aromatic rings. The van der Waals surface area contributed by atoms with Crippen LogP contribution in [0.25, 0.3) is 5.69 Å². The summed E-state index contributed by atoms with van der Waals surface area (Å²) in [6.45, 7) is 2.00. The zero-order valence-electron chi connectivity index (χ0n) is 17.6. The summed E-state index contributed by atoms with van der Waals surface area (Å²) in [5, 5.41) is 12.3. The maximum absolute atomic E-state index is 13.4. The van der Waals surface area contributed by atoms with Gasteiger partial charge >= 0.3 is 0 Å². The number of amides is 1. The summed E-state index contributed by atoms with van der Waals surface area (Å²) in [6.07, 6.45) is 0. The highest BCUT2D eigenvalue weighted by molar-refractivity contribution is 7.99. The number of carbonyl (C=O) groups excluding carboxylic acids is 1. The molecule has 0 unspecified atom stereocenters. The fourth-order valence-electron chi connectivity index (χ4n) is 2.78. The van der Waals surface area contributed by atoms with E-state index in [0.717, 1.165) is 5.69 Å². The van der Waals surface area contributed by atoms with Crippen LogP contribution >= 0.6 is 23.4 Å². The maximum Gasteiger partial charge on any atom is 0.234 e. The summed E-state index contributed by atoms with van der Waals surface area (Å²) < 4.78 is 20.4. The second-order valence-electron chi connectivity index (χ2n) is 6.98. The summed E-state index contributed by atoms with van der Waals surface area (Å²) >= 11 is 7.35. The quantitative estimate of drug-likeness (QED) is 0.498. The largest absolute Gasteiger partial charge is 0.495 e. The van der Waals surface area contributed by atoms with E-state index in [9.17, 15) is 9.18 Å². The van der Waals surface area contributed by atoms with E-state index in [0.29, 0.717) is 27.4 Å². The number of benzene rings is 2. The molecule has 3 rings (SSSR count). The van der Waals surface area contributed by atoms with Gasteiger partial charge in [-0.15, -0.1) is 10.2 Å². The lowest BCUT2D eigenvalue weighted by atomic mass is 10.2. The Bertz CT molecular complexity index is 1060. The number of halogens is 2. The normalized spacial score (nSPS) is 12.1. The second kappa shape index (κ2) is 10.1. The molecule has 0 radical (unpaired) electrons. The number of ether oxygens (including phenoxy) is 1. The molecule has 1 heterocycles. The molecule has 1 amide bonds. The first-order chi connectivity index (χ1) is 14.8. The Kier molecular flexibility index (Phi) is 7.53. The molecule has 0 saturated carbocycles. The molecule has 0 bridgehead atoms. The topological polar surface area (TPSA) is 72.3 Å². The standard InChI is InChI=1S/C21H23ClFN5O2S/c1-13(27(2)3)20-25-26-21(28(20)16-8-5-14(23)6-9-16)31-12-19(29)24-15-7-10-18(30-4)17(22)11-15/h5-11,13H,12H2,1-4H3,(H,24,29)/t13-/m1/s1. The molecule has 31 heavy (non-hydrogen) atoms. The van der Waals surface area contributed by atoms with Crippen LogP contribution in [-0.2, 0) is 4.79 Å². The maximum atomic E-state index is 13.4. The average Bonchev–Trinajstić information content (AvgIpc) is 3.16. The highest BCUT2D eigenvalue weighted by Gasteiger charge is 2.21. The minimum Gasteiger partial charge on any atom is -0.495 e. The molecule has 0 aliphatic rings. The Morgan fingerprint density at radius 1 is 1.26 bits per heavy atom. The van der Waals surface area contributed by atoms with Crippen molar-refractivity contribution in [1.82, 2.24) is 19.7 Å². The molecule has 1 N–H and O–H groups in total. The zero-order chi connectivity index (χ0) is 22.5. The lowest BCUT2D eigenvalue weighted by molar-refractivity contribution is -0.113. The molecule has 0 saturated heterocycles. The van der Waals surface area contributed by atoms with Gasteiger partial charge in [-0.3, -0.25) is 14.3 Å². The third-order valence-electron chi connectivity index (χ3n) is 4.66. The average molecular weight is 464 g/mol. The van der Waals surface area contributed by atoms with Crippen LogP contribution in [-0.4, -0.2) is 52.5 Å². The van der Waals surface area contributed by atoms with E-state index in [-0.39, 0.29) is 23.5 Å². The van der Waals surface area contributed by atoms with Crippen LogP contribution in [0.4, 0.5) is 10.1 Å². The predicted octanol–water partition coefficient (Wildman–Crippen LogP) is 4.42. The Morgan fingerprint density at radius 2 is 1.97 bits per heavy atom. The molecule has 0 spiro atoms. The molecular weight excluding hydrogens is 441 g/mol. The molecule has 1 aromatic heterocycles. The number of nitrogens with one attached hydrogen (secondary N) is 1. The van der Waals surface area contributed by atoms with Crippen LogP contribution in [0.2, 0.25) is 5.02 Å². The van der Waals surface area contributed by atoms with Gasteiger partial charge in [0.25, 0.3) is 0 Å². The van der Waals surface area contributed by atoms with Gasteiger partial charge in [0.05, 0.1) is 23.9 Å². The Balaban J connectivity index is 1.78. The second-order valence-corrected chi connectivity index (χ2v) is 8.33. The molecule has 2 aromatic carbocycles. The van der Waals surface area contributed by atoms with Gasteiger partial charge in [0.1, 0.15) is 11.6 Å². The molecular formula is C21H23ClFN5O2S. The number of thioether (sulfide) groups is 1. The van der Waals surface area contributed by atoms with Gasteiger partial charge in [0.15, 0.2) is 11.0 Å². The number of carbonyl (C=O) groups is 1. The molecule has 0 fully saturated rings. The molecule has 1 atom stereocenters. The van der Waals surface area contributed by atoms with Crippen molar-refractivity contribution < 1.29 is 13.9 Å². The van der Waals surface area contributed by atoms with Gasteiger partial charge in [-0.1, -0.05) is 23.4 Å². The van der Waals surface area contributed by atoms with Crippen molar-refractivity contribution in [2.75, 3.05) is 32.3 Å². The van der Waals surface area contributed by atoms with Crippen LogP contribution in [0, 0.1) is 5.82 Å². The molecule has 7 nitrogen and oxygen atoms in total. The fourth-order valence-corrected chi connectivity index (χ4v) is 3.80.